The van der Waals surface area contributed by atoms with Crippen LogP contribution in [0.4, 0.5) is 0 Å². The Kier molecular flexibility index (Phi) is 3.63. The highest BCUT2D eigenvalue weighted by molar-refractivity contribution is 5.93. The number of amides is 1. The van der Waals surface area contributed by atoms with Crippen molar-refractivity contribution in [1.82, 2.24) is 20.0 Å². The fourth-order valence-corrected chi connectivity index (χ4v) is 2.96. The van der Waals surface area contributed by atoms with E-state index in [9.17, 15) is 4.79 Å². The number of ether oxygens (including phenoxy) is 2. The molecule has 0 saturated carbocycles. The first kappa shape index (κ1) is 14.1. The number of hydrogen-bond acceptors (Lipinski definition) is 5. The standard InChI is InChI=1S/C16H18N4O3/c21-16(13-8-17-18-9-13)20-5-3-19(4-6-20)10-12-1-2-14-15(7-12)23-11-22-14/h1-2,7-9H,3-6,10-11H2,(H,17,18). The maximum Gasteiger partial charge on any atom is 0.257 e. The van der Waals surface area contributed by atoms with Gasteiger partial charge >= 0.3 is 0 Å². The topological polar surface area (TPSA) is 70.7 Å². The Hall–Kier alpha value is -2.54. The van der Waals surface area contributed by atoms with Gasteiger partial charge in [0.1, 0.15) is 0 Å². The minimum absolute atomic E-state index is 0.0430. The molecule has 1 saturated heterocycles. The number of benzene rings is 1. The molecule has 1 aromatic carbocycles. The van der Waals surface area contributed by atoms with E-state index in [0.717, 1.165) is 44.2 Å². The average molecular weight is 314 g/mol. The molecule has 1 N–H and O–H groups in total. The van der Waals surface area contributed by atoms with Crippen molar-refractivity contribution < 1.29 is 14.3 Å². The van der Waals surface area contributed by atoms with Gasteiger partial charge in [-0.2, -0.15) is 5.10 Å². The van der Waals surface area contributed by atoms with E-state index in [-0.39, 0.29) is 5.91 Å². The molecule has 0 atom stereocenters. The minimum Gasteiger partial charge on any atom is -0.454 e. The number of nitrogens with one attached hydrogen (secondary N) is 1. The zero-order chi connectivity index (χ0) is 15.6. The van der Waals surface area contributed by atoms with Crippen LogP contribution in [-0.4, -0.2) is 58.9 Å². The molecule has 2 aliphatic rings. The fraction of sp³-hybridized carbons (Fsp3) is 0.375. The molecule has 23 heavy (non-hydrogen) atoms. The SMILES string of the molecule is O=C(c1cn[nH]c1)N1CCN(Cc2ccc3c(c2)OCO3)CC1. The number of aromatic nitrogens is 2. The van der Waals surface area contributed by atoms with Gasteiger partial charge in [-0.05, 0) is 17.7 Å². The highest BCUT2D eigenvalue weighted by Crippen LogP contribution is 2.32. The van der Waals surface area contributed by atoms with Crippen LogP contribution in [0, 0.1) is 0 Å². The summed E-state index contributed by atoms with van der Waals surface area (Å²) in [5.74, 6) is 1.67. The van der Waals surface area contributed by atoms with E-state index < -0.39 is 0 Å². The maximum absolute atomic E-state index is 12.3. The molecule has 1 fully saturated rings. The molecule has 0 radical (unpaired) electrons. The second-order valence-electron chi connectivity index (χ2n) is 5.74. The first-order valence-corrected chi connectivity index (χ1v) is 7.68. The lowest BCUT2D eigenvalue weighted by Crippen LogP contribution is -2.48. The molecule has 7 heteroatoms. The molecule has 4 rings (SSSR count). The first-order chi connectivity index (χ1) is 11.3. The number of fused-ring (bicyclic) bond motifs is 1. The summed E-state index contributed by atoms with van der Waals surface area (Å²) in [4.78, 5) is 16.5. The first-order valence-electron chi connectivity index (χ1n) is 7.68. The Morgan fingerprint density at radius 2 is 2.00 bits per heavy atom. The second kappa shape index (κ2) is 5.92. The van der Waals surface area contributed by atoms with Crippen LogP contribution in [0.2, 0.25) is 0 Å². The number of aromatic amines is 1. The Morgan fingerprint density at radius 1 is 1.17 bits per heavy atom. The molecule has 7 nitrogen and oxygen atoms in total. The summed E-state index contributed by atoms with van der Waals surface area (Å²) in [6, 6.07) is 6.05. The molecule has 120 valence electrons. The van der Waals surface area contributed by atoms with E-state index in [1.165, 1.54) is 5.56 Å². The largest absolute Gasteiger partial charge is 0.454 e. The Labute approximate surface area is 133 Å². The van der Waals surface area contributed by atoms with E-state index >= 15 is 0 Å². The van der Waals surface area contributed by atoms with Crippen molar-refractivity contribution in [3.8, 4) is 11.5 Å². The van der Waals surface area contributed by atoms with Crippen molar-refractivity contribution in [3.63, 3.8) is 0 Å². The molecular formula is C16H18N4O3. The monoisotopic (exact) mass is 314 g/mol. The minimum atomic E-state index is 0.0430. The summed E-state index contributed by atoms with van der Waals surface area (Å²) in [7, 11) is 0. The molecule has 0 aliphatic carbocycles. The van der Waals surface area contributed by atoms with Gasteiger partial charge in [0.05, 0.1) is 11.8 Å². The lowest BCUT2D eigenvalue weighted by molar-refractivity contribution is 0.0628. The highest BCUT2D eigenvalue weighted by Gasteiger charge is 2.23. The fourth-order valence-electron chi connectivity index (χ4n) is 2.96. The third kappa shape index (κ3) is 2.87. The van der Waals surface area contributed by atoms with Gasteiger partial charge in [-0.1, -0.05) is 6.07 Å². The number of nitrogens with zero attached hydrogens (tertiary/aromatic N) is 3. The molecular weight excluding hydrogens is 296 g/mol. The molecule has 2 aliphatic heterocycles. The molecule has 2 aromatic rings. The maximum atomic E-state index is 12.3. The molecule has 1 amide bonds. The second-order valence-corrected chi connectivity index (χ2v) is 5.74. The summed E-state index contributed by atoms with van der Waals surface area (Å²) in [5, 5.41) is 6.51. The Morgan fingerprint density at radius 3 is 2.78 bits per heavy atom. The van der Waals surface area contributed by atoms with Crippen LogP contribution in [0.15, 0.2) is 30.6 Å². The van der Waals surface area contributed by atoms with E-state index in [2.05, 4.69) is 21.2 Å². The normalized spacial score (nSPS) is 17.5. The smallest absolute Gasteiger partial charge is 0.257 e. The summed E-state index contributed by atoms with van der Waals surface area (Å²) in [6.07, 6.45) is 3.21. The van der Waals surface area contributed by atoms with Crippen molar-refractivity contribution in [1.29, 1.82) is 0 Å². The van der Waals surface area contributed by atoms with Crippen molar-refractivity contribution in [2.45, 2.75) is 6.54 Å². The van der Waals surface area contributed by atoms with E-state index in [1.54, 1.807) is 12.4 Å². The van der Waals surface area contributed by atoms with Gasteiger partial charge in [-0.3, -0.25) is 14.8 Å². The van der Waals surface area contributed by atoms with Gasteiger partial charge in [0.25, 0.3) is 5.91 Å². The van der Waals surface area contributed by atoms with E-state index in [1.807, 2.05) is 17.0 Å². The van der Waals surface area contributed by atoms with Crippen molar-refractivity contribution in [2.75, 3.05) is 33.0 Å². The summed E-state index contributed by atoms with van der Waals surface area (Å²) < 4.78 is 10.7. The number of carbonyl (C=O) groups is 1. The lowest BCUT2D eigenvalue weighted by Gasteiger charge is -2.34. The highest BCUT2D eigenvalue weighted by atomic mass is 16.7. The van der Waals surface area contributed by atoms with Crippen LogP contribution in [-0.2, 0) is 6.54 Å². The van der Waals surface area contributed by atoms with Crippen LogP contribution in [0.1, 0.15) is 15.9 Å². The third-order valence-corrected chi connectivity index (χ3v) is 4.25. The molecule has 3 heterocycles. The van der Waals surface area contributed by atoms with Gasteiger partial charge in [0.15, 0.2) is 11.5 Å². The summed E-state index contributed by atoms with van der Waals surface area (Å²) >= 11 is 0. The van der Waals surface area contributed by atoms with E-state index in [4.69, 9.17) is 9.47 Å². The van der Waals surface area contributed by atoms with Crippen molar-refractivity contribution in [3.05, 3.63) is 41.7 Å². The predicted octanol–water partition coefficient (Wildman–Crippen LogP) is 1.10. The number of piperazine rings is 1. The number of rotatable bonds is 3. The molecule has 0 bridgehead atoms. The number of hydrogen-bond donors (Lipinski definition) is 1. The van der Waals surface area contributed by atoms with Crippen molar-refractivity contribution >= 4 is 5.91 Å². The lowest BCUT2D eigenvalue weighted by atomic mass is 10.1. The van der Waals surface area contributed by atoms with Gasteiger partial charge in [-0.15, -0.1) is 0 Å². The summed E-state index contributed by atoms with van der Waals surface area (Å²) in [6.45, 7) is 4.33. The van der Waals surface area contributed by atoms with Crippen LogP contribution in [0.3, 0.4) is 0 Å². The summed E-state index contributed by atoms with van der Waals surface area (Å²) in [5.41, 5.74) is 1.82. The van der Waals surface area contributed by atoms with Gasteiger partial charge in [0.2, 0.25) is 6.79 Å². The molecule has 0 unspecified atom stereocenters. The molecule has 1 aromatic heterocycles. The average Bonchev–Trinajstić information content (AvgIpc) is 3.26. The van der Waals surface area contributed by atoms with Gasteiger partial charge in [-0.25, -0.2) is 0 Å². The Bertz CT molecular complexity index is 693. The number of H-pyrrole nitrogens is 1. The van der Waals surface area contributed by atoms with Crippen LogP contribution < -0.4 is 9.47 Å². The zero-order valence-electron chi connectivity index (χ0n) is 12.7. The quantitative estimate of drug-likeness (QED) is 0.918. The third-order valence-electron chi connectivity index (χ3n) is 4.25. The van der Waals surface area contributed by atoms with Gasteiger partial charge in [0, 0.05) is 38.9 Å². The Balaban J connectivity index is 1.34. The number of carbonyl (C=O) groups excluding carboxylic acids is 1. The van der Waals surface area contributed by atoms with Crippen molar-refractivity contribution in [2.24, 2.45) is 0 Å². The van der Waals surface area contributed by atoms with Crippen LogP contribution in [0.5, 0.6) is 11.5 Å². The van der Waals surface area contributed by atoms with Crippen LogP contribution in [0.25, 0.3) is 0 Å². The predicted molar refractivity (Wildman–Crippen MR) is 82.3 cm³/mol. The zero-order valence-corrected chi connectivity index (χ0v) is 12.7. The van der Waals surface area contributed by atoms with E-state index in [0.29, 0.717) is 12.4 Å². The van der Waals surface area contributed by atoms with Gasteiger partial charge < -0.3 is 14.4 Å². The van der Waals surface area contributed by atoms with Crippen LogP contribution >= 0.6 is 0 Å². The molecule has 0 spiro atoms.